The summed E-state index contributed by atoms with van der Waals surface area (Å²) in [4.78, 5) is 39.0. The van der Waals surface area contributed by atoms with Gasteiger partial charge < -0.3 is 10.1 Å². The van der Waals surface area contributed by atoms with Gasteiger partial charge in [0.1, 0.15) is 0 Å². The van der Waals surface area contributed by atoms with Crippen molar-refractivity contribution in [2.75, 3.05) is 19.8 Å². The van der Waals surface area contributed by atoms with Gasteiger partial charge in [-0.1, -0.05) is 30.3 Å². The molecule has 0 aromatic heterocycles. The van der Waals surface area contributed by atoms with Gasteiger partial charge in [-0.25, -0.2) is 0 Å². The largest absolute Gasteiger partial charge is 0.381 e. The van der Waals surface area contributed by atoms with Gasteiger partial charge in [-0.3, -0.25) is 19.3 Å². The summed E-state index contributed by atoms with van der Waals surface area (Å²) in [6.45, 7) is 2.17. The van der Waals surface area contributed by atoms with Gasteiger partial charge in [-0.05, 0) is 48.9 Å². The van der Waals surface area contributed by atoms with Gasteiger partial charge in [0.15, 0.2) is 0 Å². The van der Waals surface area contributed by atoms with E-state index in [0.29, 0.717) is 24.3 Å². The maximum atomic E-state index is 12.7. The minimum atomic E-state index is -0.364. The minimum absolute atomic E-state index is 0.218. The highest BCUT2D eigenvalue weighted by Gasteiger charge is 2.35. The quantitative estimate of drug-likeness (QED) is 0.526. The van der Waals surface area contributed by atoms with Gasteiger partial charge in [0, 0.05) is 25.3 Å². The highest BCUT2D eigenvalue weighted by atomic mass is 16.5. The Hall–Kier alpha value is -2.99. The van der Waals surface area contributed by atoms with Crippen LogP contribution in [0, 0.1) is 5.92 Å². The number of rotatable bonds is 9. The van der Waals surface area contributed by atoms with Gasteiger partial charge in [0.2, 0.25) is 0 Å². The minimum Gasteiger partial charge on any atom is -0.381 e. The van der Waals surface area contributed by atoms with Crippen LogP contribution in [-0.2, 0) is 11.3 Å². The van der Waals surface area contributed by atoms with Gasteiger partial charge in [-0.2, -0.15) is 0 Å². The van der Waals surface area contributed by atoms with Crippen LogP contribution in [0.2, 0.25) is 0 Å². The number of benzene rings is 2. The van der Waals surface area contributed by atoms with E-state index in [-0.39, 0.29) is 29.8 Å². The molecule has 6 heteroatoms. The monoisotopic (exact) mass is 392 g/mol. The van der Waals surface area contributed by atoms with Crippen LogP contribution in [0.25, 0.3) is 0 Å². The highest BCUT2D eigenvalue weighted by molar-refractivity contribution is 6.22. The highest BCUT2D eigenvalue weighted by Crippen LogP contribution is 2.28. The molecule has 2 aromatic carbocycles. The molecule has 0 spiro atoms. The van der Waals surface area contributed by atoms with E-state index in [1.807, 2.05) is 30.3 Å². The van der Waals surface area contributed by atoms with E-state index in [1.54, 1.807) is 12.1 Å². The molecule has 1 heterocycles. The number of hydrogen-bond acceptors (Lipinski definition) is 4. The van der Waals surface area contributed by atoms with Gasteiger partial charge >= 0.3 is 0 Å². The van der Waals surface area contributed by atoms with E-state index >= 15 is 0 Å². The number of amides is 3. The van der Waals surface area contributed by atoms with Crippen molar-refractivity contribution < 1.29 is 19.1 Å². The van der Waals surface area contributed by atoms with Gasteiger partial charge in [0.05, 0.1) is 17.7 Å². The molecule has 0 saturated heterocycles. The predicted octanol–water partition coefficient (Wildman–Crippen LogP) is 3.03. The number of carbonyl (C=O) groups excluding carboxylic acids is 3. The lowest BCUT2D eigenvalue weighted by molar-refractivity contribution is 0.0642. The van der Waals surface area contributed by atoms with Crippen molar-refractivity contribution in [3.05, 3.63) is 70.8 Å². The third-order valence-corrected chi connectivity index (χ3v) is 5.22. The number of nitrogens with one attached hydrogen (secondary N) is 1. The number of imide groups is 1. The Kier molecular flexibility index (Phi) is 5.71. The Morgan fingerprint density at radius 2 is 1.79 bits per heavy atom. The van der Waals surface area contributed by atoms with Crippen LogP contribution in [0.15, 0.2) is 48.5 Å². The third-order valence-electron chi connectivity index (χ3n) is 5.22. The van der Waals surface area contributed by atoms with Crippen LogP contribution in [0.3, 0.4) is 0 Å². The lowest BCUT2D eigenvalue weighted by atomic mass is 10.1. The summed E-state index contributed by atoms with van der Waals surface area (Å²) in [6, 6.07) is 14.0. The first-order valence-electron chi connectivity index (χ1n) is 10.0. The zero-order chi connectivity index (χ0) is 20.2. The topological polar surface area (TPSA) is 75.7 Å². The van der Waals surface area contributed by atoms with Crippen LogP contribution in [-0.4, -0.2) is 42.4 Å². The van der Waals surface area contributed by atoms with Crippen LogP contribution < -0.4 is 5.32 Å². The lowest BCUT2D eigenvalue weighted by Gasteiger charge is -2.13. The Morgan fingerprint density at radius 3 is 2.55 bits per heavy atom. The smallest absolute Gasteiger partial charge is 0.261 e. The zero-order valence-electron chi connectivity index (χ0n) is 16.2. The van der Waals surface area contributed by atoms with E-state index in [9.17, 15) is 14.4 Å². The molecule has 2 aliphatic rings. The summed E-state index contributed by atoms with van der Waals surface area (Å²) in [6.07, 6.45) is 3.27. The molecule has 1 fully saturated rings. The maximum Gasteiger partial charge on any atom is 0.261 e. The average Bonchev–Trinajstić information content (AvgIpc) is 3.54. The first kappa shape index (κ1) is 19.3. The predicted molar refractivity (Wildman–Crippen MR) is 108 cm³/mol. The molecule has 1 saturated carbocycles. The Balaban J connectivity index is 1.34. The standard InChI is InChI=1S/C23H24N2O4/c26-21(24-11-4-12-29-15-17-7-8-17)18-9-10-19-20(13-18)23(28)25(22(19)27)14-16-5-2-1-3-6-16/h1-3,5-6,9-10,13,17H,4,7-8,11-12,14-15H2,(H,24,26). The average molecular weight is 392 g/mol. The van der Waals surface area contributed by atoms with Crippen LogP contribution in [0.4, 0.5) is 0 Å². The molecule has 6 nitrogen and oxygen atoms in total. The second-order valence-corrected chi connectivity index (χ2v) is 7.57. The van der Waals surface area contributed by atoms with E-state index in [2.05, 4.69) is 5.32 Å². The summed E-state index contributed by atoms with van der Waals surface area (Å²) in [5.41, 5.74) is 1.89. The normalized spacial score (nSPS) is 15.5. The van der Waals surface area contributed by atoms with Crippen LogP contribution in [0.5, 0.6) is 0 Å². The zero-order valence-corrected chi connectivity index (χ0v) is 16.2. The number of hydrogen-bond donors (Lipinski definition) is 1. The second kappa shape index (κ2) is 8.57. The van der Waals surface area contributed by atoms with Crippen molar-refractivity contribution in [1.29, 1.82) is 0 Å². The van der Waals surface area contributed by atoms with Crippen molar-refractivity contribution >= 4 is 17.7 Å². The van der Waals surface area contributed by atoms with E-state index in [1.165, 1.54) is 23.8 Å². The molecule has 29 heavy (non-hydrogen) atoms. The summed E-state index contributed by atoms with van der Waals surface area (Å²) >= 11 is 0. The number of ether oxygens (including phenoxy) is 1. The van der Waals surface area contributed by atoms with Crippen LogP contribution in [0.1, 0.15) is 55.9 Å². The molecule has 0 radical (unpaired) electrons. The van der Waals surface area contributed by atoms with Crippen LogP contribution >= 0.6 is 0 Å². The first-order valence-corrected chi connectivity index (χ1v) is 10.0. The Labute approximate surface area is 169 Å². The molecular weight excluding hydrogens is 368 g/mol. The molecule has 0 atom stereocenters. The van der Waals surface area contributed by atoms with E-state index < -0.39 is 0 Å². The third kappa shape index (κ3) is 4.54. The molecule has 2 aromatic rings. The first-order chi connectivity index (χ1) is 14.1. The van der Waals surface area contributed by atoms with Crippen molar-refractivity contribution in [3.8, 4) is 0 Å². The Morgan fingerprint density at radius 1 is 1.03 bits per heavy atom. The van der Waals surface area contributed by atoms with Crippen molar-refractivity contribution in [1.82, 2.24) is 10.2 Å². The molecule has 1 aliphatic heterocycles. The maximum absolute atomic E-state index is 12.7. The lowest BCUT2D eigenvalue weighted by Crippen LogP contribution is -2.29. The molecule has 0 unspecified atom stereocenters. The fraction of sp³-hybridized carbons (Fsp3) is 0.348. The SMILES string of the molecule is O=C(NCCCOCC1CC1)c1ccc2c(c1)C(=O)N(Cc1ccccc1)C2=O. The number of fused-ring (bicyclic) bond motifs is 1. The van der Waals surface area contributed by atoms with Crippen molar-refractivity contribution in [2.24, 2.45) is 5.92 Å². The fourth-order valence-electron chi connectivity index (χ4n) is 3.35. The molecule has 4 rings (SSSR count). The van der Waals surface area contributed by atoms with Gasteiger partial charge in [0.25, 0.3) is 17.7 Å². The summed E-state index contributed by atoms with van der Waals surface area (Å²) in [5.74, 6) is -0.208. The van der Waals surface area contributed by atoms with E-state index in [0.717, 1.165) is 24.5 Å². The molecule has 1 N–H and O–H groups in total. The molecule has 0 bridgehead atoms. The second-order valence-electron chi connectivity index (χ2n) is 7.57. The van der Waals surface area contributed by atoms with Crippen molar-refractivity contribution in [3.63, 3.8) is 0 Å². The van der Waals surface area contributed by atoms with Crippen molar-refractivity contribution in [2.45, 2.75) is 25.8 Å². The number of carbonyl (C=O) groups is 3. The Bertz CT molecular complexity index is 922. The molecular formula is C23H24N2O4. The summed E-state index contributed by atoms with van der Waals surface area (Å²) in [7, 11) is 0. The molecule has 1 aliphatic carbocycles. The number of nitrogens with zero attached hydrogens (tertiary/aromatic N) is 1. The summed E-state index contributed by atoms with van der Waals surface area (Å²) < 4.78 is 5.55. The molecule has 3 amide bonds. The fourth-order valence-corrected chi connectivity index (χ4v) is 3.35. The van der Waals surface area contributed by atoms with E-state index in [4.69, 9.17) is 4.74 Å². The molecule has 150 valence electrons. The van der Waals surface area contributed by atoms with Gasteiger partial charge in [-0.15, -0.1) is 0 Å². The summed E-state index contributed by atoms with van der Waals surface area (Å²) in [5, 5.41) is 2.84.